The quantitative estimate of drug-likeness (QED) is 0.528. The molecule has 0 spiro atoms. The Balaban J connectivity index is 2.08. The summed E-state index contributed by atoms with van der Waals surface area (Å²) < 4.78 is 0. The number of rotatable bonds is 0. The van der Waals surface area contributed by atoms with Gasteiger partial charge in [-0.3, -0.25) is 0 Å². The van der Waals surface area contributed by atoms with Gasteiger partial charge in [-0.2, -0.15) is 0 Å². The van der Waals surface area contributed by atoms with Crippen LogP contribution in [0, 0.1) is 5.92 Å². The van der Waals surface area contributed by atoms with Crippen LogP contribution in [-0.2, 0) is 0 Å². The van der Waals surface area contributed by atoms with Gasteiger partial charge < -0.3 is 10.6 Å². The Morgan fingerprint density at radius 2 is 2.20 bits per heavy atom. The van der Waals surface area contributed by atoms with Crippen molar-refractivity contribution in [2.24, 2.45) is 11.7 Å². The maximum atomic E-state index is 5.95. The zero-order chi connectivity index (χ0) is 7.14. The van der Waals surface area contributed by atoms with Gasteiger partial charge in [0.15, 0.2) is 0 Å². The fourth-order valence-electron chi connectivity index (χ4n) is 2.39. The SMILES string of the molecule is CN1CC2CC1CCC2N. The number of hydrogen-bond donors (Lipinski definition) is 1. The van der Waals surface area contributed by atoms with Crippen molar-refractivity contribution in [2.45, 2.75) is 31.3 Å². The summed E-state index contributed by atoms with van der Waals surface area (Å²) in [4.78, 5) is 2.47. The standard InChI is InChI=1S/C8H16N2/c1-10-5-6-4-7(10)2-3-8(6)9/h6-8H,2-5,9H2,1H3. The summed E-state index contributed by atoms with van der Waals surface area (Å²) in [6.45, 7) is 1.24. The molecule has 0 amide bonds. The molecule has 1 aliphatic carbocycles. The molecule has 3 atom stereocenters. The molecule has 2 fully saturated rings. The van der Waals surface area contributed by atoms with E-state index < -0.39 is 0 Å². The number of nitrogens with two attached hydrogens (primary N) is 1. The van der Waals surface area contributed by atoms with Crippen LogP contribution in [0.4, 0.5) is 0 Å². The highest BCUT2D eigenvalue weighted by molar-refractivity contribution is 4.93. The Hall–Kier alpha value is -0.0800. The zero-order valence-electron chi connectivity index (χ0n) is 6.59. The third-order valence-corrected chi connectivity index (χ3v) is 3.16. The van der Waals surface area contributed by atoms with E-state index in [9.17, 15) is 0 Å². The summed E-state index contributed by atoms with van der Waals surface area (Å²) in [5.41, 5.74) is 5.95. The molecule has 2 heteroatoms. The second-order valence-electron chi connectivity index (χ2n) is 3.83. The third-order valence-electron chi connectivity index (χ3n) is 3.16. The first-order chi connectivity index (χ1) is 4.77. The van der Waals surface area contributed by atoms with E-state index in [1.165, 1.54) is 25.8 Å². The molecule has 2 bridgehead atoms. The lowest BCUT2D eigenvalue weighted by molar-refractivity contribution is 0.289. The van der Waals surface area contributed by atoms with E-state index in [-0.39, 0.29) is 0 Å². The van der Waals surface area contributed by atoms with E-state index in [0.29, 0.717) is 6.04 Å². The van der Waals surface area contributed by atoms with Crippen LogP contribution in [0.2, 0.25) is 0 Å². The van der Waals surface area contributed by atoms with Gasteiger partial charge in [0.1, 0.15) is 0 Å². The smallest absolute Gasteiger partial charge is 0.00966 e. The topological polar surface area (TPSA) is 29.3 Å². The first-order valence-corrected chi connectivity index (χ1v) is 4.23. The maximum absolute atomic E-state index is 5.95. The van der Waals surface area contributed by atoms with Crippen molar-refractivity contribution < 1.29 is 0 Å². The highest BCUT2D eigenvalue weighted by atomic mass is 15.2. The molecular formula is C8H16N2. The van der Waals surface area contributed by atoms with Gasteiger partial charge in [0.25, 0.3) is 0 Å². The van der Waals surface area contributed by atoms with Crippen molar-refractivity contribution in [3.63, 3.8) is 0 Å². The third kappa shape index (κ3) is 0.867. The van der Waals surface area contributed by atoms with Gasteiger partial charge in [0, 0.05) is 18.6 Å². The van der Waals surface area contributed by atoms with Crippen LogP contribution in [0.15, 0.2) is 0 Å². The molecular weight excluding hydrogens is 124 g/mol. The molecule has 1 saturated heterocycles. The summed E-state index contributed by atoms with van der Waals surface area (Å²) in [7, 11) is 2.22. The molecule has 2 nitrogen and oxygen atoms in total. The number of likely N-dealkylation sites (tertiary alicyclic amines) is 1. The van der Waals surface area contributed by atoms with Crippen molar-refractivity contribution in [3.8, 4) is 0 Å². The predicted octanol–water partition coefficient (Wildman–Crippen LogP) is 0.428. The van der Waals surface area contributed by atoms with Gasteiger partial charge in [-0.05, 0) is 32.2 Å². The van der Waals surface area contributed by atoms with Crippen LogP contribution >= 0.6 is 0 Å². The lowest BCUT2D eigenvalue weighted by atomic mass is 9.86. The van der Waals surface area contributed by atoms with Crippen LogP contribution in [0.25, 0.3) is 0 Å². The Morgan fingerprint density at radius 3 is 2.90 bits per heavy atom. The van der Waals surface area contributed by atoms with Crippen LogP contribution in [0.1, 0.15) is 19.3 Å². The van der Waals surface area contributed by atoms with Gasteiger partial charge in [0.05, 0.1) is 0 Å². The fourth-order valence-corrected chi connectivity index (χ4v) is 2.39. The van der Waals surface area contributed by atoms with Crippen molar-refractivity contribution in [1.82, 2.24) is 4.90 Å². The second kappa shape index (κ2) is 2.21. The normalized spacial score (nSPS) is 48.0. The average Bonchev–Trinajstić information content (AvgIpc) is 2.21. The molecule has 1 heterocycles. The number of hydrogen-bond acceptors (Lipinski definition) is 2. The van der Waals surface area contributed by atoms with E-state index in [1.807, 2.05) is 0 Å². The van der Waals surface area contributed by atoms with Crippen LogP contribution in [0.3, 0.4) is 0 Å². The molecule has 1 saturated carbocycles. The summed E-state index contributed by atoms with van der Waals surface area (Å²) in [6.07, 6.45) is 3.94. The van der Waals surface area contributed by atoms with Crippen molar-refractivity contribution in [2.75, 3.05) is 13.6 Å². The molecule has 2 N–H and O–H groups in total. The van der Waals surface area contributed by atoms with E-state index in [0.717, 1.165) is 12.0 Å². The molecule has 2 rings (SSSR count). The zero-order valence-corrected chi connectivity index (χ0v) is 6.59. The van der Waals surface area contributed by atoms with Crippen molar-refractivity contribution in [3.05, 3.63) is 0 Å². The second-order valence-corrected chi connectivity index (χ2v) is 3.83. The summed E-state index contributed by atoms with van der Waals surface area (Å²) >= 11 is 0. The van der Waals surface area contributed by atoms with Crippen LogP contribution < -0.4 is 5.73 Å². The highest BCUT2D eigenvalue weighted by Crippen LogP contribution is 2.33. The van der Waals surface area contributed by atoms with Gasteiger partial charge in [0.2, 0.25) is 0 Å². The first-order valence-electron chi connectivity index (χ1n) is 4.23. The Morgan fingerprint density at radius 1 is 1.40 bits per heavy atom. The fraction of sp³-hybridized carbons (Fsp3) is 1.00. The molecule has 0 aromatic carbocycles. The molecule has 3 unspecified atom stereocenters. The van der Waals surface area contributed by atoms with E-state index in [1.54, 1.807) is 0 Å². The largest absolute Gasteiger partial charge is 0.327 e. The highest BCUT2D eigenvalue weighted by Gasteiger charge is 2.36. The minimum Gasteiger partial charge on any atom is -0.327 e. The summed E-state index contributed by atoms with van der Waals surface area (Å²) in [5.74, 6) is 0.809. The maximum Gasteiger partial charge on any atom is 0.00966 e. The molecule has 2 aliphatic rings. The molecule has 0 radical (unpaired) electrons. The molecule has 58 valence electrons. The Labute approximate surface area is 62.4 Å². The van der Waals surface area contributed by atoms with Crippen molar-refractivity contribution in [1.29, 1.82) is 0 Å². The van der Waals surface area contributed by atoms with E-state index in [4.69, 9.17) is 5.73 Å². The van der Waals surface area contributed by atoms with Gasteiger partial charge in [-0.25, -0.2) is 0 Å². The molecule has 0 aromatic rings. The monoisotopic (exact) mass is 140 g/mol. The number of fused-ring (bicyclic) bond motifs is 2. The van der Waals surface area contributed by atoms with Gasteiger partial charge in [-0.15, -0.1) is 0 Å². The summed E-state index contributed by atoms with van der Waals surface area (Å²) in [5, 5.41) is 0. The molecule has 0 aromatic heterocycles. The van der Waals surface area contributed by atoms with E-state index in [2.05, 4.69) is 11.9 Å². The summed E-state index contributed by atoms with van der Waals surface area (Å²) in [6, 6.07) is 1.37. The van der Waals surface area contributed by atoms with Crippen LogP contribution in [0.5, 0.6) is 0 Å². The molecule has 10 heavy (non-hydrogen) atoms. The minimum atomic E-state index is 0.501. The van der Waals surface area contributed by atoms with Crippen LogP contribution in [-0.4, -0.2) is 30.6 Å². The van der Waals surface area contributed by atoms with Crippen molar-refractivity contribution >= 4 is 0 Å². The lowest BCUT2D eigenvalue weighted by Gasteiger charge is -2.24. The number of nitrogens with zero attached hydrogens (tertiary/aromatic N) is 1. The lowest BCUT2D eigenvalue weighted by Crippen LogP contribution is -2.33. The first kappa shape index (κ1) is 6.62. The Bertz CT molecular complexity index is 133. The molecule has 1 aliphatic heterocycles. The average molecular weight is 140 g/mol. The van der Waals surface area contributed by atoms with Gasteiger partial charge in [-0.1, -0.05) is 0 Å². The minimum absolute atomic E-state index is 0.501. The van der Waals surface area contributed by atoms with Gasteiger partial charge >= 0.3 is 0 Å². The Kier molecular flexibility index (Phi) is 1.46. The van der Waals surface area contributed by atoms with E-state index >= 15 is 0 Å². The predicted molar refractivity (Wildman–Crippen MR) is 41.7 cm³/mol.